The smallest absolute Gasteiger partial charge is 0.169 e. The number of methoxy groups -OCH3 is 1. The number of nitrogens with zero attached hydrogens (tertiary/aromatic N) is 1. The van der Waals surface area contributed by atoms with Gasteiger partial charge in [-0.2, -0.15) is 5.26 Å². The molecule has 20 heavy (non-hydrogen) atoms. The minimum atomic E-state index is 0.532. The Labute approximate surface area is 134 Å². The Morgan fingerprint density at radius 1 is 1.15 bits per heavy atom. The van der Waals surface area contributed by atoms with Crippen molar-refractivity contribution in [3.63, 3.8) is 0 Å². The monoisotopic (exact) mass is 395 g/mol. The van der Waals surface area contributed by atoms with Crippen molar-refractivity contribution in [1.82, 2.24) is 0 Å². The molecule has 0 N–H and O–H groups in total. The van der Waals surface area contributed by atoms with E-state index in [1.54, 1.807) is 25.3 Å². The maximum Gasteiger partial charge on any atom is 0.169 e. The second kappa shape index (κ2) is 6.78. The fourth-order valence-electron chi connectivity index (χ4n) is 1.65. The van der Waals surface area contributed by atoms with Crippen molar-refractivity contribution in [1.29, 1.82) is 5.26 Å². The third-order valence-electron chi connectivity index (χ3n) is 2.69. The van der Waals surface area contributed by atoms with Gasteiger partial charge in [0.05, 0.1) is 18.7 Å². The van der Waals surface area contributed by atoms with Gasteiger partial charge >= 0.3 is 0 Å². The average molecular weight is 397 g/mol. The van der Waals surface area contributed by atoms with Gasteiger partial charge in [0.25, 0.3) is 0 Å². The molecule has 0 aliphatic rings. The molecule has 3 nitrogen and oxygen atoms in total. The first-order valence-corrected chi connectivity index (χ1v) is 7.69. The zero-order valence-corrected chi connectivity index (χ0v) is 13.9. The molecule has 0 saturated carbocycles. The van der Waals surface area contributed by atoms with E-state index >= 15 is 0 Å². The molecular formula is C15H11Br2NO2. The quantitative estimate of drug-likeness (QED) is 0.681. The maximum atomic E-state index is 8.88. The molecule has 0 radical (unpaired) electrons. The van der Waals surface area contributed by atoms with Crippen LogP contribution in [-0.2, 0) is 5.33 Å². The normalized spacial score (nSPS) is 9.90. The number of hydrogen-bond acceptors (Lipinski definition) is 3. The van der Waals surface area contributed by atoms with Gasteiger partial charge in [-0.05, 0) is 29.8 Å². The predicted molar refractivity (Wildman–Crippen MR) is 84.6 cm³/mol. The van der Waals surface area contributed by atoms with E-state index in [0.717, 1.165) is 15.4 Å². The van der Waals surface area contributed by atoms with Gasteiger partial charge in [-0.25, -0.2) is 0 Å². The molecule has 0 aromatic heterocycles. The molecule has 2 aromatic carbocycles. The van der Waals surface area contributed by atoms with Gasteiger partial charge in [-0.3, -0.25) is 0 Å². The van der Waals surface area contributed by atoms with Crippen LogP contribution in [0.2, 0.25) is 0 Å². The summed E-state index contributed by atoms with van der Waals surface area (Å²) in [7, 11) is 1.55. The van der Waals surface area contributed by atoms with E-state index in [-0.39, 0.29) is 0 Å². The molecule has 102 valence electrons. The van der Waals surface area contributed by atoms with Gasteiger partial charge < -0.3 is 9.47 Å². The van der Waals surface area contributed by atoms with Crippen LogP contribution in [0.15, 0.2) is 40.9 Å². The van der Waals surface area contributed by atoms with Gasteiger partial charge in [0.1, 0.15) is 5.75 Å². The van der Waals surface area contributed by atoms with Crippen LogP contribution < -0.4 is 9.47 Å². The third-order valence-corrected chi connectivity index (χ3v) is 4.03. The van der Waals surface area contributed by atoms with Crippen molar-refractivity contribution in [3.8, 4) is 23.3 Å². The predicted octanol–water partition coefficient (Wildman–Crippen LogP) is 5.02. The van der Waals surface area contributed by atoms with Crippen LogP contribution in [0.25, 0.3) is 0 Å². The molecule has 2 aromatic rings. The van der Waals surface area contributed by atoms with Gasteiger partial charge in [0.2, 0.25) is 0 Å². The minimum absolute atomic E-state index is 0.532. The lowest BCUT2D eigenvalue weighted by Crippen LogP contribution is -1.92. The van der Waals surface area contributed by atoms with Crippen LogP contribution >= 0.6 is 31.9 Å². The topological polar surface area (TPSA) is 42.2 Å². The molecule has 0 bridgehead atoms. The number of halogens is 2. The third kappa shape index (κ3) is 3.33. The van der Waals surface area contributed by atoms with Crippen LogP contribution in [0.1, 0.15) is 11.1 Å². The van der Waals surface area contributed by atoms with Crippen LogP contribution in [0, 0.1) is 11.3 Å². The Hall–Kier alpha value is -1.51. The summed E-state index contributed by atoms with van der Waals surface area (Å²) in [6.07, 6.45) is 0. The van der Waals surface area contributed by atoms with Crippen molar-refractivity contribution in [3.05, 3.63) is 52.0 Å². The van der Waals surface area contributed by atoms with Crippen molar-refractivity contribution >= 4 is 31.9 Å². The Bertz CT molecular complexity index is 665. The molecule has 0 unspecified atom stereocenters. The second-order valence-corrected chi connectivity index (χ2v) is 5.38. The fraction of sp³-hybridized carbons (Fsp3) is 0.133. The highest BCUT2D eigenvalue weighted by atomic mass is 79.9. The summed E-state index contributed by atoms with van der Waals surface area (Å²) in [5, 5.41) is 9.65. The van der Waals surface area contributed by atoms with Crippen LogP contribution in [0.4, 0.5) is 0 Å². The lowest BCUT2D eigenvalue weighted by molar-refractivity contribution is 0.378. The zero-order valence-electron chi connectivity index (χ0n) is 10.7. The number of hydrogen-bond donors (Lipinski definition) is 0. The maximum absolute atomic E-state index is 8.88. The van der Waals surface area contributed by atoms with Crippen LogP contribution in [0.5, 0.6) is 17.2 Å². The summed E-state index contributed by atoms with van der Waals surface area (Å²) >= 11 is 6.91. The minimum Gasteiger partial charge on any atom is -0.493 e. The first-order valence-electron chi connectivity index (χ1n) is 5.78. The van der Waals surface area contributed by atoms with Crippen molar-refractivity contribution in [2.75, 3.05) is 7.11 Å². The molecular weight excluding hydrogens is 386 g/mol. The van der Waals surface area contributed by atoms with Crippen LogP contribution in [0.3, 0.4) is 0 Å². The zero-order chi connectivity index (χ0) is 14.5. The number of ether oxygens (including phenoxy) is 2. The summed E-state index contributed by atoms with van der Waals surface area (Å²) in [6.45, 7) is 0. The molecule has 0 aliphatic carbocycles. The number of benzene rings is 2. The largest absolute Gasteiger partial charge is 0.493 e. The molecule has 0 atom stereocenters. The van der Waals surface area contributed by atoms with E-state index < -0.39 is 0 Å². The lowest BCUT2D eigenvalue weighted by Gasteiger charge is -2.11. The fourth-order valence-corrected chi connectivity index (χ4v) is 3.01. The number of rotatable bonds is 4. The first kappa shape index (κ1) is 14.9. The van der Waals surface area contributed by atoms with E-state index in [0.29, 0.717) is 22.8 Å². The van der Waals surface area contributed by atoms with E-state index in [1.165, 1.54) is 0 Å². The molecule has 0 fully saturated rings. The summed E-state index contributed by atoms with van der Waals surface area (Å²) in [5.41, 5.74) is 1.68. The van der Waals surface area contributed by atoms with Gasteiger partial charge in [-0.1, -0.05) is 37.9 Å². The number of nitriles is 1. The summed E-state index contributed by atoms with van der Waals surface area (Å²) in [4.78, 5) is 0. The molecule has 2 rings (SSSR count). The van der Waals surface area contributed by atoms with E-state index in [1.807, 2.05) is 18.2 Å². The van der Waals surface area contributed by atoms with Gasteiger partial charge in [0.15, 0.2) is 11.5 Å². The Kier molecular flexibility index (Phi) is 5.05. The first-order chi connectivity index (χ1) is 9.67. The summed E-state index contributed by atoms with van der Waals surface area (Å²) in [6, 6.07) is 12.9. The van der Waals surface area contributed by atoms with E-state index in [4.69, 9.17) is 14.7 Å². The highest BCUT2D eigenvalue weighted by molar-refractivity contribution is 9.10. The molecule has 0 aliphatic heterocycles. The average Bonchev–Trinajstić information content (AvgIpc) is 2.48. The van der Waals surface area contributed by atoms with Crippen molar-refractivity contribution in [2.45, 2.75) is 5.33 Å². The standard InChI is InChI=1S/C15H11Br2NO2/c1-19-15-6-10(9-18)2-5-14(15)20-12-4-3-11(8-16)13(17)7-12/h2-7H,8H2,1H3. The number of alkyl halides is 1. The van der Waals surface area contributed by atoms with Gasteiger partial charge in [0, 0.05) is 15.9 Å². The molecule has 5 heteroatoms. The lowest BCUT2D eigenvalue weighted by atomic mass is 10.2. The second-order valence-electron chi connectivity index (χ2n) is 3.97. The van der Waals surface area contributed by atoms with E-state index in [2.05, 4.69) is 37.9 Å². The molecule has 0 spiro atoms. The summed E-state index contributed by atoms with van der Waals surface area (Å²) < 4.78 is 12.0. The highest BCUT2D eigenvalue weighted by Crippen LogP contribution is 2.34. The Morgan fingerprint density at radius 3 is 2.55 bits per heavy atom. The molecule has 0 saturated heterocycles. The molecule has 0 amide bonds. The highest BCUT2D eigenvalue weighted by Gasteiger charge is 2.08. The Morgan fingerprint density at radius 2 is 1.95 bits per heavy atom. The molecule has 0 heterocycles. The van der Waals surface area contributed by atoms with Crippen LogP contribution in [-0.4, -0.2) is 7.11 Å². The van der Waals surface area contributed by atoms with Crippen molar-refractivity contribution in [2.24, 2.45) is 0 Å². The van der Waals surface area contributed by atoms with E-state index in [9.17, 15) is 0 Å². The van der Waals surface area contributed by atoms with Crippen molar-refractivity contribution < 1.29 is 9.47 Å². The summed E-state index contributed by atoms with van der Waals surface area (Å²) in [5.74, 6) is 1.80. The van der Waals surface area contributed by atoms with Gasteiger partial charge in [-0.15, -0.1) is 0 Å². The Balaban J connectivity index is 2.30. The SMILES string of the molecule is COc1cc(C#N)ccc1Oc1ccc(CBr)c(Br)c1.